The van der Waals surface area contributed by atoms with Gasteiger partial charge in [0, 0.05) is 16.3 Å². The standard InChI is InChI=1S/C18H18ClN3O3/c1-3-25-16-10-5-4-7-13(16)11-20-22-18(24)17(23)21-15-9-6-8-14(19)12(15)2/h4-11H,3H2,1-2H3,(H,21,23)(H,22,24)/b20-11-. The van der Waals surface area contributed by atoms with Crippen LogP contribution in [0.15, 0.2) is 47.6 Å². The molecule has 0 aliphatic rings. The van der Waals surface area contributed by atoms with Gasteiger partial charge in [-0.25, -0.2) is 5.43 Å². The molecule has 0 aromatic heterocycles. The number of halogens is 1. The fraction of sp³-hybridized carbons (Fsp3) is 0.167. The fourth-order valence-corrected chi connectivity index (χ4v) is 2.18. The maximum absolute atomic E-state index is 11.9. The van der Waals surface area contributed by atoms with Gasteiger partial charge < -0.3 is 10.1 Å². The van der Waals surface area contributed by atoms with Gasteiger partial charge in [0.25, 0.3) is 0 Å². The monoisotopic (exact) mass is 359 g/mol. The molecule has 25 heavy (non-hydrogen) atoms. The summed E-state index contributed by atoms with van der Waals surface area (Å²) in [7, 11) is 0. The Morgan fingerprint density at radius 1 is 1.16 bits per heavy atom. The van der Waals surface area contributed by atoms with Crippen molar-refractivity contribution in [3.05, 3.63) is 58.6 Å². The number of hydrazone groups is 1. The third-order valence-electron chi connectivity index (χ3n) is 3.31. The second-order valence-corrected chi connectivity index (χ2v) is 5.44. The van der Waals surface area contributed by atoms with Crippen LogP contribution in [0.2, 0.25) is 5.02 Å². The number of nitrogens with one attached hydrogen (secondary N) is 2. The van der Waals surface area contributed by atoms with Gasteiger partial charge in [-0.3, -0.25) is 9.59 Å². The number of carbonyl (C=O) groups is 2. The highest BCUT2D eigenvalue weighted by Crippen LogP contribution is 2.22. The normalized spacial score (nSPS) is 10.5. The molecular weight excluding hydrogens is 342 g/mol. The third-order valence-corrected chi connectivity index (χ3v) is 3.72. The predicted octanol–water partition coefficient (Wildman–Crippen LogP) is 3.14. The average Bonchev–Trinajstić information content (AvgIpc) is 2.60. The number of hydrogen-bond acceptors (Lipinski definition) is 4. The van der Waals surface area contributed by atoms with Gasteiger partial charge >= 0.3 is 11.8 Å². The van der Waals surface area contributed by atoms with Gasteiger partial charge in [0.1, 0.15) is 5.75 Å². The van der Waals surface area contributed by atoms with Crippen LogP contribution in [0.3, 0.4) is 0 Å². The zero-order valence-electron chi connectivity index (χ0n) is 13.9. The van der Waals surface area contributed by atoms with Crippen LogP contribution < -0.4 is 15.5 Å². The number of ether oxygens (including phenoxy) is 1. The van der Waals surface area contributed by atoms with Gasteiger partial charge in [0.05, 0.1) is 12.8 Å². The van der Waals surface area contributed by atoms with Crippen molar-refractivity contribution in [1.29, 1.82) is 0 Å². The van der Waals surface area contributed by atoms with E-state index in [1.54, 1.807) is 37.3 Å². The fourth-order valence-electron chi connectivity index (χ4n) is 2.01. The summed E-state index contributed by atoms with van der Waals surface area (Å²) < 4.78 is 5.45. The number of para-hydroxylation sites is 1. The number of benzene rings is 2. The van der Waals surface area contributed by atoms with Crippen molar-refractivity contribution < 1.29 is 14.3 Å². The molecule has 0 aliphatic carbocycles. The Bertz CT molecular complexity index is 806. The molecule has 0 radical (unpaired) electrons. The first-order valence-corrected chi connectivity index (χ1v) is 8.02. The van der Waals surface area contributed by atoms with E-state index in [1.165, 1.54) is 6.21 Å². The molecule has 2 amide bonds. The summed E-state index contributed by atoms with van der Waals surface area (Å²) in [5.74, 6) is -1.08. The zero-order valence-corrected chi connectivity index (χ0v) is 14.6. The number of rotatable bonds is 5. The van der Waals surface area contributed by atoms with Crippen molar-refractivity contribution in [1.82, 2.24) is 5.43 Å². The Morgan fingerprint density at radius 2 is 1.92 bits per heavy atom. The molecule has 0 spiro atoms. The highest BCUT2D eigenvalue weighted by Gasteiger charge is 2.14. The van der Waals surface area contributed by atoms with Gasteiger partial charge in [0.15, 0.2) is 0 Å². The molecule has 6 nitrogen and oxygen atoms in total. The molecule has 0 saturated heterocycles. The Hall–Kier alpha value is -2.86. The minimum Gasteiger partial charge on any atom is -0.493 e. The second kappa shape index (κ2) is 8.84. The molecule has 0 saturated carbocycles. The Morgan fingerprint density at radius 3 is 2.68 bits per heavy atom. The van der Waals surface area contributed by atoms with E-state index in [0.29, 0.717) is 34.2 Å². The van der Waals surface area contributed by atoms with Crippen LogP contribution in [-0.2, 0) is 9.59 Å². The van der Waals surface area contributed by atoms with Crippen LogP contribution in [0, 0.1) is 6.92 Å². The molecule has 0 fully saturated rings. The van der Waals surface area contributed by atoms with Gasteiger partial charge in [0.2, 0.25) is 0 Å². The number of carbonyl (C=O) groups excluding carboxylic acids is 2. The van der Waals surface area contributed by atoms with Crippen LogP contribution in [0.5, 0.6) is 5.75 Å². The molecular formula is C18H18ClN3O3. The second-order valence-electron chi connectivity index (χ2n) is 5.04. The van der Waals surface area contributed by atoms with Crippen LogP contribution in [-0.4, -0.2) is 24.6 Å². The molecule has 2 rings (SSSR count). The SMILES string of the molecule is CCOc1ccccc1/C=N\NC(=O)C(=O)Nc1cccc(Cl)c1C. The lowest BCUT2D eigenvalue weighted by Gasteiger charge is -2.08. The van der Waals surface area contributed by atoms with Crippen molar-refractivity contribution in [2.75, 3.05) is 11.9 Å². The summed E-state index contributed by atoms with van der Waals surface area (Å²) in [4.78, 5) is 23.8. The average molecular weight is 360 g/mol. The summed E-state index contributed by atoms with van der Waals surface area (Å²) >= 11 is 5.98. The lowest BCUT2D eigenvalue weighted by molar-refractivity contribution is -0.136. The van der Waals surface area contributed by atoms with Crippen LogP contribution in [0.1, 0.15) is 18.1 Å². The Kier molecular flexibility index (Phi) is 6.54. The minimum atomic E-state index is -0.885. The Balaban J connectivity index is 1.98. The smallest absolute Gasteiger partial charge is 0.329 e. The molecule has 130 valence electrons. The van der Waals surface area contributed by atoms with E-state index < -0.39 is 11.8 Å². The van der Waals surface area contributed by atoms with Gasteiger partial charge in [-0.05, 0) is 43.7 Å². The van der Waals surface area contributed by atoms with E-state index in [4.69, 9.17) is 16.3 Å². The number of hydrogen-bond donors (Lipinski definition) is 2. The summed E-state index contributed by atoms with van der Waals surface area (Å²) in [5, 5.41) is 6.80. The summed E-state index contributed by atoms with van der Waals surface area (Å²) in [6.07, 6.45) is 1.42. The molecule has 7 heteroatoms. The maximum Gasteiger partial charge on any atom is 0.329 e. The van der Waals surface area contributed by atoms with E-state index in [9.17, 15) is 9.59 Å². The lowest BCUT2D eigenvalue weighted by atomic mass is 10.2. The Labute approximate surface area is 150 Å². The van der Waals surface area contributed by atoms with E-state index in [2.05, 4.69) is 15.8 Å². The first-order valence-electron chi connectivity index (χ1n) is 7.64. The van der Waals surface area contributed by atoms with Gasteiger partial charge in [-0.15, -0.1) is 0 Å². The summed E-state index contributed by atoms with van der Waals surface area (Å²) in [6.45, 7) is 4.13. The third kappa shape index (κ3) is 5.06. The summed E-state index contributed by atoms with van der Waals surface area (Å²) in [6, 6.07) is 12.3. The molecule has 2 aromatic carbocycles. The van der Waals surface area contributed by atoms with Crippen molar-refractivity contribution in [2.45, 2.75) is 13.8 Å². The largest absolute Gasteiger partial charge is 0.493 e. The molecule has 2 aromatic rings. The molecule has 0 aliphatic heterocycles. The summed E-state index contributed by atoms with van der Waals surface area (Å²) in [5.41, 5.74) is 4.03. The molecule has 0 heterocycles. The number of amides is 2. The molecule has 0 bridgehead atoms. The number of nitrogens with zero attached hydrogens (tertiary/aromatic N) is 1. The van der Waals surface area contributed by atoms with E-state index in [-0.39, 0.29) is 0 Å². The van der Waals surface area contributed by atoms with Crippen LogP contribution in [0.25, 0.3) is 0 Å². The first kappa shape index (κ1) is 18.5. The topological polar surface area (TPSA) is 79.8 Å². The van der Waals surface area contributed by atoms with Crippen molar-refractivity contribution in [2.24, 2.45) is 5.10 Å². The maximum atomic E-state index is 11.9. The lowest BCUT2D eigenvalue weighted by Crippen LogP contribution is -2.32. The quantitative estimate of drug-likeness (QED) is 0.489. The first-order chi connectivity index (χ1) is 12.0. The van der Waals surface area contributed by atoms with Crippen LogP contribution in [0.4, 0.5) is 5.69 Å². The van der Waals surface area contributed by atoms with Crippen molar-refractivity contribution in [3.8, 4) is 5.75 Å². The molecule has 0 unspecified atom stereocenters. The highest BCUT2D eigenvalue weighted by atomic mass is 35.5. The van der Waals surface area contributed by atoms with Crippen molar-refractivity contribution >= 4 is 35.3 Å². The minimum absolute atomic E-state index is 0.471. The van der Waals surface area contributed by atoms with Crippen molar-refractivity contribution in [3.63, 3.8) is 0 Å². The van der Waals surface area contributed by atoms with E-state index >= 15 is 0 Å². The molecule has 2 N–H and O–H groups in total. The zero-order chi connectivity index (χ0) is 18.2. The van der Waals surface area contributed by atoms with Crippen LogP contribution >= 0.6 is 11.6 Å². The predicted molar refractivity (Wildman–Crippen MR) is 98.2 cm³/mol. The van der Waals surface area contributed by atoms with Gasteiger partial charge in [-0.1, -0.05) is 29.8 Å². The van der Waals surface area contributed by atoms with Gasteiger partial charge in [-0.2, -0.15) is 5.10 Å². The van der Waals surface area contributed by atoms with E-state index in [1.807, 2.05) is 19.1 Å². The van der Waals surface area contributed by atoms with E-state index in [0.717, 1.165) is 0 Å². The molecule has 0 atom stereocenters. The highest BCUT2D eigenvalue weighted by molar-refractivity contribution is 6.40. The number of anilines is 1.